The van der Waals surface area contributed by atoms with Crippen LogP contribution in [-0.2, 0) is 21.2 Å². The number of aliphatic hydroxyl groups is 1. The lowest BCUT2D eigenvalue weighted by Crippen LogP contribution is -2.44. The smallest absolute Gasteiger partial charge is 0.243 e. The van der Waals surface area contributed by atoms with Crippen LogP contribution >= 0.6 is 0 Å². The largest absolute Gasteiger partial charge is 0.388 e. The lowest BCUT2D eigenvalue weighted by atomic mass is 10.0. The highest BCUT2D eigenvalue weighted by molar-refractivity contribution is 7.89. The first-order valence-corrected chi connectivity index (χ1v) is 9.51. The number of fused-ring (bicyclic) bond motifs is 1. The Balaban J connectivity index is 1.67. The van der Waals surface area contributed by atoms with Crippen molar-refractivity contribution in [1.82, 2.24) is 4.31 Å². The minimum atomic E-state index is -3.62. The minimum absolute atomic E-state index is 0.0383. The fourth-order valence-corrected chi connectivity index (χ4v) is 5.49. The summed E-state index contributed by atoms with van der Waals surface area (Å²) in [5.41, 5.74) is 0.719. The zero-order valence-corrected chi connectivity index (χ0v) is 13.6. The topological polar surface area (TPSA) is 86.7 Å². The second-order valence-electron chi connectivity index (χ2n) is 6.74. The molecule has 1 amide bonds. The van der Waals surface area contributed by atoms with Gasteiger partial charge in [-0.25, -0.2) is 8.42 Å². The molecule has 1 aliphatic carbocycles. The van der Waals surface area contributed by atoms with Gasteiger partial charge in [0.1, 0.15) is 0 Å². The van der Waals surface area contributed by atoms with E-state index in [9.17, 15) is 18.3 Å². The van der Waals surface area contributed by atoms with Crippen molar-refractivity contribution in [3.8, 4) is 0 Å². The summed E-state index contributed by atoms with van der Waals surface area (Å²) in [6.07, 6.45) is 3.80. The maximum Gasteiger partial charge on any atom is 0.243 e. The molecule has 2 fully saturated rings. The SMILES string of the molecule is O=C1CCc2cc(S(=O)(=O)N3CCCC3C3(O)CC3)ccc2N1. The number of carbonyl (C=O) groups excluding carboxylic acids is 1. The zero-order chi connectivity index (χ0) is 16.2. The quantitative estimate of drug-likeness (QED) is 0.870. The number of benzene rings is 1. The van der Waals surface area contributed by atoms with Crippen molar-refractivity contribution in [2.45, 2.75) is 55.1 Å². The third-order valence-corrected chi connectivity index (χ3v) is 7.07. The van der Waals surface area contributed by atoms with Crippen molar-refractivity contribution in [2.75, 3.05) is 11.9 Å². The maximum atomic E-state index is 13.0. The summed E-state index contributed by atoms with van der Waals surface area (Å²) in [7, 11) is -3.62. The number of aryl methyl sites for hydroxylation is 1. The van der Waals surface area contributed by atoms with E-state index in [4.69, 9.17) is 0 Å². The molecule has 1 aromatic rings. The number of rotatable bonds is 3. The van der Waals surface area contributed by atoms with Crippen molar-refractivity contribution in [3.05, 3.63) is 23.8 Å². The van der Waals surface area contributed by atoms with Crippen LogP contribution in [-0.4, -0.2) is 41.9 Å². The normalized spacial score (nSPS) is 26.7. The summed E-state index contributed by atoms with van der Waals surface area (Å²) >= 11 is 0. The van der Waals surface area contributed by atoms with E-state index in [-0.39, 0.29) is 16.8 Å². The van der Waals surface area contributed by atoms with Crippen molar-refractivity contribution in [1.29, 1.82) is 0 Å². The van der Waals surface area contributed by atoms with Crippen molar-refractivity contribution in [2.24, 2.45) is 0 Å². The summed E-state index contributed by atoms with van der Waals surface area (Å²) < 4.78 is 27.5. The lowest BCUT2D eigenvalue weighted by Gasteiger charge is -2.28. The third-order valence-electron chi connectivity index (χ3n) is 5.17. The fraction of sp³-hybridized carbons (Fsp3) is 0.562. The van der Waals surface area contributed by atoms with Crippen LogP contribution in [0.3, 0.4) is 0 Å². The van der Waals surface area contributed by atoms with Gasteiger partial charge in [0, 0.05) is 18.7 Å². The minimum Gasteiger partial charge on any atom is -0.388 e. The zero-order valence-electron chi connectivity index (χ0n) is 12.8. The molecule has 1 atom stereocenters. The Bertz CT molecular complexity index is 770. The predicted molar refractivity (Wildman–Crippen MR) is 84.5 cm³/mol. The lowest BCUT2D eigenvalue weighted by molar-refractivity contribution is -0.116. The van der Waals surface area contributed by atoms with Gasteiger partial charge in [-0.3, -0.25) is 4.79 Å². The highest BCUT2D eigenvalue weighted by atomic mass is 32.2. The molecule has 23 heavy (non-hydrogen) atoms. The van der Waals surface area contributed by atoms with Crippen molar-refractivity contribution < 1.29 is 18.3 Å². The Hall–Kier alpha value is -1.44. The molecule has 0 aromatic heterocycles. The van der Waals surface area contributed by atoms with E-state index in [0.717, 1.165) is 18.4 Å². The molecule has 124 valence electrons. The number of nitrogens with one attached hydrogen (secondary N) is 1. The summed E-state index contributed by atoms with van der Waals surface area (Å²) in [6, 6.07) is 4.57. The van der Waals surface area contributed by atoms with E-state index >= 15 is 0 Å². The van der Waals surface area contributed by atoms with Crippen LogP contribution in [0.15, 0.2) is 23.1 Å². The molecule has 0 spiro atoms. The first-order chi connectivity index (χ1) is 10.9. The van der Waals surface area contributed by atoms with Gasteiger partial charge in [0.05, 0.1) is 16.5 Å². The van der Waals surface area contributed by atoms with Crippen LogP contribution in [0.2, 0.25) is 0 Å². The molecule has 1 saturated heterocycles. The molecule has 1 unspecified atom stereocenters. The molecule has 1 aromatic carbocycles. The summed E-state index contributed by atoms with van der Waals surface area (Å²) in [4.78, 5) is 11.7. The molecule has 2 heterocycles. The Morgan fingerprint density at radius 3 is 2.78 bits per heavy atom. The molecule has 4 rings (SSSR count). The van der Waals surface area contributed by atoms with Gasteiger partial charge in [-0.05, 0) is 55.9 Å². The molecule has 6 nitrogen and oxygen atoms in total. The molecular formula is C16H20N2O4S. The average molecular weight is 336 g/mol. The number of carbonyl (C=O) groups is 1. The highest BCUT2D eigenvalue weighted by Gasteiger charge is 2.54. The molecule has 1 saturated carbocycles. The highest BCUT2D eigenvalue weighted by Crippen LogP contribution is 2.46. The number of nitrogens with zero attached hydrogens (tertiary/aromatic N) is 1. The Kier molecular flexibility index (Phi) is 3.30. The van der Waals surface area contributed by atoms with Gasteiger partial charge >= 0.3 is 0 Å². The Labute approximate surface area is 135 Å². The van der Waals surface area contributed by atoms with E-state index in [1.807, 2.05) is 0 Å². The van der Waals surface area contributed by atoms with Gasteiger partial charge < -0.3 is 10.4 Å². The molecule has 0 radical (unpaired) electrons. The van der Waals surface area contributed by atoms with Crippen LogP contribution in [0, 0.1) is 0 Å². The van der Waals surface area contributed by atoms with Crippen LogP contribution < -0.4 is 5.32 Å². The monoisotopic (exact) mass is 336 g/mol. The number of hydrogen-bond donors (Lipinski definition) is 2. The van der Waals surface area contributed by atoms with Crippen molar-refractivity contribution >= 4 is 21.6 Å². The van der Waals surface area contributed by atoms with Gasteiger partial charge in [0.25, 0.3) is 0 Å². The van der Waals surface area contributed by atoms with E-state index in [1.165, 1.54) is 4.31 Å². The second kappa shape index (κ2) is 5.03. The average Bonchev–Trinajstić information content (AvgIpc) is 3.07. The van der Waals surface area contributed by atoms with E-state index in [0.29, 0.717) is 37.9 Å². The first kappa shape index (κ1) is 15.1. The van der Waals surface area contributed by atoms with Gasteiger partial charge in [-0.15, -0.1) is 0 Å². The molecule has 2 aliphatic heterocycles. The Morgan fingerprint density at radius 2 is 2.04 bits per heavy atom. The molecule has 2 N–H and O–H groups in total. The van der Waals surface area contributed by atoms with E-state index in [2.05, 4.69) is 5.32 Å². The first-order valence-electron chi connectivity index (χ1n) is 8.07. The number of hydrogen-bond acceptors (Lipinski definition) is 4. The summed E-state index contributed by atoms with van der Waals surface area (Å²) in [5, 5.41) is 13.1. The predicted octanol–water partition coefficient (Wildman–Crippen LogP) is 1.25. The molecular weight excluding hydrogens is 316 g/mol. The number of anilines is 1. The van der Waals surface area contributed by atoms with E-state index in [1.54, 1.807) is 18.2 Å². The maximum absolute atomic E-state index is 13.0. The summed E-state index contributed by atoms with van der Waals surface area (Å²) in [5.74, 6) is -0.0383. The molecule has 0 bridgehead atoms. The van der Waals surface area contributed by atoms with E-state index < -0.39 is 15.6 Å². The van der Waals surface area contributed by atoms with Crippen LogP contribution in [0.4, 0.5) is 5.69 Å². The second-order valence-corrected chi connectivity index (χ2v) is 8.64. The number of amides is 1. The third kappa shape index (κ3) is 2.47. The van der Waals surface area contributed by atoms with Gasteiger partial charge in [0.2, 0.25) is 15.9 Å². The standard InChI is InChI=1S/C16H20N2O4S/c19-15-6-3-11-10-12(4-5-13(11)17-15)23(21,22)18-9-1-2-14(18)16(20)7-8-16/h4-5,10,14,20H,1-3,6-9H2,(H,17,19). The molecule has 7 heteroatoms. The van der Waals surface area contributed by atoms with Gasteiger partial charge in [0.15, 0.2) is 0 Å². The van der Waals surface area contributed by atoms with Gasteiger partial charge in [-0.2, -0.15) is 4.31 Å². The van der Waals surface area contributed by atoms with Crippen LogP contribution in [0.25, 0.3) is 0 Å². The fourth-order valence-electron chi connectivity index (χ4n) is 3.68. The Morgan fingerprint density at radius 1 is 1.26 bits per heavy atom. The van der Waals surface area contributed by atoms with Gasteiger partial charge in [-0.1, -0.05) is 0 Å². The number of sulfonamides is 1. The van der Waals surface area contributed by atoms with Crippen molar-refractivity contribution in [3.63, 3.8) is 0 Å². The van der Waals surface area contributed by atoms with Crippen LogP contribution in [0.1, 0.15) is 37.7 Å². The molecule has 3 aliphatic rings. The summed E-state index contributed by atoms with van der Waals surface area (Å²) in [6.45, 7) is 0.461. The van der Waals surface area contributed by atoms with Crippen LogP contribution in [0.5, 0.6) is 0 Å².